The first-order valence-corrected chi connectivity index (χ1v) is 8.59. The Morgan fingerprint density at radius 3 is 2.00 bits per heavy atom. The molecule has 0 spiro atoms. The fourth-order valence-corrected chi connectivity index (χ4v) is 4.02. The molecule has 132 valence electrons. The highest BCUT2D eigenvalue weighted by molar-refractivity contribution is 6.40. The molecule has 1 aromatic carbocycles. The van der Waals surface area contributed by atoms with E-state index in [-0.39, 0.29) is 17.1 Å². The summed E-state index contributed by atoms with van der Waals surface area (Å²) in [6.07, 6.45) is 1.50. The molecule has 1 aliphatic rings. The molecule has 0 aliphatic carbocycles. The summed E-state index contributed by atoms with van der Waals surface area (Å²) in [5, 5.41) is 9.65. The molecule has 2 rings (SSSR count). The van der Waals surface area contributed by atoms with Gasteiger partial charge in [-0.1, -0.05) is 23.2 Å². The summed E-state index contributed by atoms with van der Waals surface area (Å²) in [6, 6.07) is 4.56. The lowest BCUT2D eigenvalue weighted by atomic mass is 9.79. The fraction of sp³-hybridized carbons (Fsp3) is 0.529. The Labute approximate surface area is 152 Å². The lowest BCUT2D eigenvalue weighted by molar-refractivity contribution is -0.137. The van der Waals surface area contributed by atoms with Crippen LogP contribution in [0.5, 0.6) is 0 Å². The lowest BCUT2D eigenvalue weighted by Gasteiger charge is -2.46. The van der Waals surface area contributed by atoms with Gasteiger partial charge in [-0.3, -0.25) is 9.59 Å². The number of anilines is 1. The van der Waals surface area contributed by atoms with Gasteiger partial charge in [-0.2, -0.15) is 0 Å². The minimum absolute atomic E-state index is 0.0718. The molecule has 0 aromatic heterocycles. The first kappa shape index (κ1) is 19.0. The molecular formula is C17H23Cl2N3O2. The van der Waals surface area contributed by atoms with E-state index in [9.17, 15) is 9.59 Å². The zero-order chi connectivity index (χ0) is 18.1. The van der Waals surface area contributed by atoms with E-state index in [1.165, 1.54) is 12.1 Å². The largest absolute Gasteiger partial charge is 0.345 e. The van der Waals surface area contributed by atoms with Crippen LogP contribution >= 0.6 is 23.2 Å². The Hall–Kier alpha value is -1.30. The second-order valence-electron chi connectivity index (χ2n) is 7.58. The summed E-state index contributed by atoms with van der Waals surface area (Å²) in [5.74, 6) is -1.40. The number of carbonyl (C=O) groups is 2. The number of benzene rings is 1. The van der Waals surface area contributed by atoms with Crippen molar-refractivity contribution in [3.8, 4) is 0 Å². The first-order chi connectivity index (χ1) is 11.0. The van der Waals surface area contributed by atoms with Crippen molar-refractivity contribution >= 4 is 40.7 Å². The molecule has 1 fully saturated rings. The molecule has 1 aliphatic heterocycles. The van der Waals surface area contributed by atoms with Crippen molar-refractivity contribution in [3.63, 3.8) is 0 Å². The number of piperidine rings is 1. The molecule has 7 heteroatoms. The van der Waals surface area contributed by atoms with Gasteiger partial charge in [-0.05, 0) is 58.7 Å². The van der Waals surface area contributed by atoms with Crippen LogP contribution in [0.3, 0.4) is 0 Å². The molecule has 1 aromatic rings. The third kappa shape index (κ3) is 5.36. The lowest BCUT2D eigenvalue weighted by Crippen LogP contribution is -2.62. The maximum atomic E-state index is 12.2. The summed E-state index contributed by atoms with van der Waals surface area (Å²) < 4.78 is 0. The van der Waals surface area contributed by atoms with Crippen molar-refractivity contribution in [1.82, 2.24) is 10.6 Å². The first-order valence-electron chi connectivity index (χ1n) is 7.83. The molecule has 2 amide bonds. The summed E-state index contributed by atoms with van der Waals surface area (Å²) in [5.41, 5.74) is 0.159. The molecule has 0 radical (unpaired) electrons. The standard InChI is InChI=1S/C17H23Cl2N3O2/c1-16(2)8-13(9-17(3,4)22-16)21-15(24)14(23)20-12-6-10(18)5-11(19)7-12/h5-7,13,22H,8-9H2,1-4H3,(H,20,23)(H,21,24). The minimum Gasteiger partial charge on any atom is -0.345 e. The van der Waals surface area contributed by atoms with Gasteiger partial charge in [0.15, 0.2) is 0 Å². The van der Waals surface area contributed by atoms with Crippen LogP contribution in [0.1, 0.15) is 40.5 Å². The number of hydrogen-bond donors (Lipinski definition) is 3. The van der Waals surface area contributed by atoms with Crippen molar-refractivity contribution < 1.29 is 9.59 Å². The Bertz CT molecular complexity index is 623. The van der Waals surface area contributed by atoms with Crippen molar-refractivity contribution in [2.24, 2.45) is 0 Å². The van der Waals surface area contributed by atoms with Gasteiger partial charge in [-0.15, -0.1) is 0 Å². The van der Waals surface area contributed by atoms with Gasteiger partial charge < -0.3 is 16.0 Å². The summed E-state index contributed by atoms with van der Waals surface area (Å²) in [4.78, 5) is 24.3. The third-order valence-electron chi connectivity index (χ3n) is 3.85. The molecule has 3 N–H and O–H groups in total. The van der Waals surface area contributed by atoms with E-state index in [2.05, 4.69) is 43.6 Å². The smallest absolute Gasteiger partial charge is 0.313 e. The van der Waals surface area contributed by atoms with Gasteiger partial charge in [0.1, 0.15) is 0 Å². The molecule has 24 heavy (non-hydrogen) atoms. The van der Waals surface area contributed by atoms with E-state index in [4.69, 9.17) is 23.2 Å². The van der Waals surface area contributed by atoms with Crippen LogP contribution in [0, 0.1) is 0 Å². The van der Waals surface area contributed by atoms with Crippen LogP contribution in [0.25, 0.3) is 0 Å². The zero-order valence-corrected chi connectivity index (χ0v) is 15.8. The number of amides is 2. The van der Waals surface area contributed by atoms with Gasteiger partial charge in [0.25, 0.3) is 0 Å². The van der Waals surface area contributed by atoms with Crippen LogP contribution in [-0.4, -0.2) is 28.9 Å². The average molecular weight is 372 g/mol. The van der Waals surface area contributed by atoms with E-state index in [1.807, 2.05) is 0 Å². The highest BCUT2D eigenvalue weighted by atomic mass is 35.5. The monoisotopic (exact) mass is 371 g/mol. The fourth-order valence-electron chi connectivity index (χ4n) is 3.49. The van der Waals surface area contributed by atoms with E-state index in [0.717, 1.165) is 12.8 Å². The number of carbonyl (C=O) groups excluding carboxylic acids is 2. The summed E-state index contributed by atoms with van der Waals surface area (Å²) in [7, 11) is 0. The van der Waals surface area contributed by atoms with Gasteiger partial charge in [0.05, 0.1) is 0 Å². The van der Waals surface area contributed by atoms with Crippen molar-refractivity contribution in [2.45, 2.75) is 57.7 Å². The Kier molecular flexibility index (Phi) is 5.47. The van der Waals surface area contributed by atoms with Gasteiger partial charge >= 0.3 is 11.8 Å². The predicted molar refractivity (Wildman–Crippen MR) is 97.6 cm³/mol. The van der Waals surface area contributed by atoms with E-state index < -0.39 is 11.8 Å². The van der Waals surface area contributed by atoms with Gasteiger partial charge in [0, 0.05) is 32.9 Å². The van der Waals surface area contributed by atoms with Crippen LogP contribution in [0.2, 0.25) is 10.0 Å². The van der Waals surface area contributed by atoms with Crippen molar-refractivity contribution in [1.29, 1.82) is 0 Å². The molecule has 0 unspecified atom stereocenters. The van der Waals surface area contributed by atoms with Crippen molar-refractivity contribution in [2.75, 3.05) is 5.32 Å². The second kappa shape index (κ2) is 6.90. The molecular weight excluding hydrogens is 349 g/mol. The quantitative estimate of drug-likeness (QED) is 0.698. The topological polar surface area (TPSA) is 70.2 Å². The molecule has 0 bridgehead atoms. The summed E-state index contributed by atoms with van der Waals surface area (Å²) >= 11 is 11.8. The van der Waals surface area contributed by atoms with Gasteiger partial charge in [-0.25, -0.2) is 0 Å². The van der Waals surface area contributed by atoms with E-state index in [0.29, 0.717) is 15.7 Å². The molecule has 0 atom stereocenters. The van der Waals surface area contributed by atoms with Crippen LogP contribution in [0.15, 0.2) is 18.2 Å². The Morgan fingerprint density at radius 2 is 1.50 bits per heavy atom. The zero-order valence-electron chi connectivity index (χ0n) is 14.3. The third-order valence-corrected chi connectivity index (χ3v) is 4.29. The predicted octanol–water partition coefficient (Wildman–Crippen LogP) is 3.36. The number of halogens is 2. The summed E-state index contributed by atoms with van der Waals surface area (Å²) in [6.45, 7) is 8.34. The highest BCUT2D eigenvalue weighted by Gasteiger charge is 2.38. The molecule has 5 nitrogen and oxygen atoms in total. The van der Waals surface area contributed by atoms with Crippen LogP contribution in [-0.2, 0) is 9.59 Å². The normalized spacial score (nSPS) is 19.6. The second-order valence-corrected chi connectivity index (χ2v) is 8.46. The average Bonchev–Trinajstić information content (AvgIpc) is 2.32. The van der Waals surface area contributed by atoms with E-state index >= 15 is 0 Å². The van der Waals surface area contributed by atoms with Crippen LogP contribution < -0.4 is 16.0 Å². The minimum atomic E-state index is -0.734. The van der Waals surface area contributed by atoms with Gasteiger partial charge in [0.2, 0.25) is 0 Å². The van der Waals surface area contributed by atoms with Crippen LogP contribution in [0.4, 0.5) is 5.69 Å². The number of hydrogen-bond acceptors (Lipinski definition) is 3. The number of rotatable bonds is 2. The maximum Gasteiger partial charge on any atom is 0.313 e. The number of nitrogens with one attached hydrogen (secondary N) is 3. The van der Waals surface area contributed by atoms with E-state index in [1.54, 1.807) is 6.07 Å². The van der Waals surface area contributed by atoms with Crippen molar-refractivity contribution in [3.05, 3.63) is 28.2 Å². The molecule has 1 heterocycles. The highest BCUT2D eigenvalue weighted by Crippen LogP contribution is 2.28. The Balaban J connectivity index is 2.00. The molecule has 0 saturated carbocycles. The Morgan fingerprint density at radius 1 is 1.00 bits per heavy atom. The SMILES string of the molecule is CC1(C)CC(NC(=O)C(=O)Nc2cc(Cl)cc(Cl)c2)CC(C)(C)N1. The maximum absolute atomic E-state index is 12.2. The molecule has 1 saturated heterocycles.